The maximum atomic E-state index is 13.2. The van der Waals surface area contributed by atoms with Crippen LogP contribution >= 0.6 is 11.8 Å². The van der Waals surface area contributed by atoms with Crippen LogP contribution in [0.2, 0.25) is 0 Å². The third-order valence-electron chi connectivity index (χ3n) is 4.69. The number of carbonyl (C=O) groups is 2. The van der Waals surface area contributed by atoms with Gasteiger partial charge in [-0.05, 0) is 48.4 Å². The van der Waals surface area contributed by atoms with Crippen LogP contribution in [0.3, 0.4) is 0 Å². The molecule has 2 aromatic carbocycles. The normalized spacial score (nSPS) is 16.4. The van der Waals surface area contributed by atoms with Crippen molar-refractivity contribution in [1.82, 2.24) is 0 Å². The average Bonchev–Trinajstić information content (AvgIpc) is 3.08. The number of unbranched alkanes of at least 4 members (excludes halogenated alkanes) is 3. The zero-order valence-corrected chi connectivity index (χ0v) is 16.8. The predicted octanol–water partition coefficient (Wildman–Crippen LogP) is 5.51. The number of thioether (sulfide) groups is 1. The van der Waals surface area contributed by atoms with Crippen LogP contribution in [0, 0.1) is 5.82 Å². The molecular weight excluding hydrogens is 375 g/mol. The molecule has 0 saturated carbocycles. The number of anilines is 2. The number of hydrogen-bond acceptors (Lipinski definition) is 3. The number of nitrogens with one attached hydrogen (secondary N) is 1. The molecule has 1 heterocycles. The van der Waals surface area contributed by atoms with E-state index < -0.39 is 0 Å². The van der Waals surface area contributed by atoms with E-state index in [9.17, 15) is 14.0 Å². The third kappa shape index (κ3) is 5.13. The van der Waals surface area contributed by atoms with Crippen molar-refractivity contribution in [3.63, 3.8) is 0 Å². The van der Waals surface area contributed by atoms with Gasteiger partial charge in [-0.3, -0.25) is 14.5 Å². The molecule has 4 nitrogen and oxygen atoms in total. The molecule has 2 aromatic rings. The van der Waals surface area contributed by atoms with Crippen molar-refractivity contribution in [2.75, 3.05) is 16.0 Å². The number of hydrogen-bond donors (Lipinski definition) is 1. The first-order valence-corrected chi connectivity index (χ1v) is 10.7. The number of amides is 2. The Morgan fingerprint density at radius 2 is 1.96 bits per heavy atom. The molecule has 0 aromatic heterocycles. The molecule has 0 radical (unpaired) electrons. The Hall–Kier alpha value is -2.34. The topological polar surface area (TPSA) is 49.4 Å². The van der Waals surface area contributed by atoms with Crippen LogP contribution in [0.5, 0.6) is 0 Å². The second-order valence-electron chi connectivity index (χ2n) is 6.89. The number of benzene rings is 2. The standard InChI is InChI=1S/C22H25FN2O2S/c1-2-3-4-5-9-20(26)24-18-8-6-7-16(14-18)22-25(21(27)15-28-22)19-12-10-17(23)11-13-19/h6-8,10-14,22H,2-5,9,15H2,1H3,(H,24,26). The monoisotopic (exact) mass is 400 g/mol. The van der Waals surface area contributed by atoms with E-state index in [1.807, 2.05) is 24.3 Å². The largest absolute Gasteiger partial charge is 0.326 e. The van der Waals surface area contributed by atoms with E-state index in [-0.39, 0.29) is 23.0 Å². The molecule has 3 rings (SSSR count). The van der Waals surface area contributed by atoms with Crippen molar-refractivity contribution in [1.29, 1.82) is 0 Å². The summed E-state index contributed by atoms with van der Waals surface area (Å²) in [6.07, 6.45) is 4.77. The summed E-state index contributed by atoms with van der Waals surface area (Å²) in [5.74, 6) is 0.0461. The summed E-state index contributed by atoms with van der Waals surface area (Å²) < 4.78 is 13.2. The van der Waals surface area contributed by atoms with Crippen LogP contribution in [-0.4, -0.2) is 17.6 Å². The fourth-order valence-corrected chi connectivity index (χ4v) is 4.42. The molecule has 1 aliphatic heterocycles. The molecular formula is C22H25FN2O2S. The van der Waals surface area contributed by atoms with Gasteiger partial charge in [-0.15, -0.1) is 11.8 Å². The summed E-state index contributed by atoms with van der Waals surface area (Å²) in [4.78, 5) is 26.3. The molecule has 28 heavy (non-hydrogen) atoms. The van der Waals surface area contributed by atoms with Gasteiger partial charge in [-0.2, -0.15) is 0 Å². The number of halogens is 1. The maximum absolute atomic E-state index is 13.2. The van der Waals surface area contributed by atoms with E-state index in [1.165, 1.54) is 23.9 Å². The molecule has 148 valence electrons. The maximum Gasteiger partial charge on any atom is 0.238 e. The summed E-state index contributed by atoms with van der Waals surface area (Å²) in [6, 6.07) is 13.6. The molecule has 6 heteroatoms. The second-order valence-corrected chi connectivity index (χ2v) is 7.96. The molecule has 1 unspecified atom stereocenters. The minimum atomic E-state index is -0.330. The molecule has 1 aliphatic rings. The van der Waals surface area contributed by atoms with Crippen LogP contribution in [-0.2, 0) is 9.59 Å². The van der Waals surface area contributed by atoms with Gasteiger partial charge >= 0.3 is 0 Å². The molecule has 0 aliphatic carbocycles. The summed E-state index contributed by atoms with van der Waals surface area (Å²) in [5, 5.41) is 2.76. The smallest absolute Gasteiger partial charge is 0.238 e. The summed E-state index contributed by atoms with van der Waals surface area (Å²) >= 11 is 1.53. The van der Waals surface area contributed by atoms with Crippen molar-refractivity contribution in [2.24, 2.45) is 0 Å². The Labute approximate surface area is 169 Å². The van der Waals surface area contributed by atoms with E-state index in [0.29, 0.717) is 17.9 Å². The van der Waals surface area contributed by atoms with Crippen molar-refractivity contribution in [3.8, 4) is 0 Å². The SMILES string of the molecule is CCCCCCC(=O)Nc1cccc(C2SCC(=O)N2c2ccc(F)cc2)c1. The molecule has 2 amide bonds. The van der Waals surface area contributed by atoms with Crippen molar-refractivity contribution < 1.29 is 14.0 Å². The lowest BCUT2D eigenvalue weighted by molar-refractivity contribution is -0.117. The van der Waals surface area contributed by atoms with Gasteiger partial charge in [-0.1, -0.05) is 38.3 Å². The zero-order valence-electron chi connectivity index (χ0n) is 16.0. The van der Waals surface area contributed by atoms with Gasteiger partial charge in [0.05, 0.1) is 5.75 Å². The summed E-state index contributed by atoms with van der Waals surface area (Å²) in [7, 11) is 0. The highest BCUT2D eigenvalue weighted by molar-refractivity contribution is 8.00. The van der Waals surface area contributed by atoms with Gasteiger partial charge in [-0.25, -0.2) is 4.39 Å². The number of carbonyl (C=O) groups excluding carboxylic acids is 2. The number of rotatable bonds is 8. The van der Waals surface area contributed by atoms with Crippen molar-refractivity contribution in [3.05, 3.63) is 59.9 Å². The van der Waals surface area contributed by atoms with Crippen LogP contribution < -0.4 is 10.2 Å². The van der Waals surface area contributed by atoms with E-state index in [0.717, 1.165) is 36.9 Å². The molecule has 1 atom stereocenters. The van der Waals surface area contributed by atoms with Crippen molar-refractivity contribution >= 4 is 35.0 Å². The molecule has 1 fully saturated rings. The highest BCUT2D eigenvalue weighted by Gasteiger charge is 2.34. The Morgan fingerprint density at radius 1 is 1.18 bits per heavy atom. The van der Waals surface area contributed by atoms with Crippen LogP contribution in [0.4, 0.5) is 15.8 Å². The first kappa shape index (κ1) is 20.4. The zero-order chi connectivity index (χ0) is 19.9. The fourth-order valence-electron chi connectivity index (χ4n) is 3.26. The highest BCUT2D eigenvalue weighted by atomic mass is 32.2. The summed E-state index contributed by atoms with van der Waals surface area (Å²) in [5.41, 5.74) is 2.34. The van der Waals surface area contributed by atoms with E-state index >= 15 is 0 Å². The van der Waals surface area contributed by atoms with Crippen LogP contribution in [0.15, 0.2) is 48.5 Å². The Kier molecular flexibility index (Phi) is 7.09. The lowest BCUT2D eigenvalue weighted by Crippen LogP contribution is -2.27. The molecule has 1 N–H and O–H groups in total. The molecule has 0 bridgehead atoms. The third-order valence-corrected chi connectivity index (χ3v) is 5.90. The first-order chi connectivity index (χ1) is 13.6. The highest BCUT2D eigenvalue weighted by Crippen LogP contribution is 2.42. The fraction of sp³-hybridized carbons (Fsp3) is 0.364. The van der Waals surface area contributed by atoms with Gasteiger partial charge in [0.1, 0.15) is 11.2 Å². The lowest BCUT2D eigenvalue weighted by Gasteiger charge is -2.24. The first-order valence-electron chi connectivity index (χ1n) is 9.67. The molecule has 1 saturated heterocycles. The lowest BCUT2D eigenvalue weighted by atomic mass is 10.1. The van der Waals surface area contributed by atoms with E-state index in [2.05, 4.69) is 12.2 Å². The molecule has 0 spiro atoms. The van der Waals surface area contributed by atoms with Crippen LogP contribution in [0.25, 0.3) is 0 Å². The summed E-state index contributed by atoms with van der Waals surface area (Å²) in [6.45, 7) is 2.15. The quantitative estimate of drug-likeness (QED) is 0.594. The Balaban J connectivity index is 1.70. The predicted molar refractivity (Wildman–Crippen MR) is 113 cm³/mol. The minimum Gasteiger partial charge on any atom is -0.326 e. The van der Waals surface area contributed by atoms with Gasteiger partial charge in [0.25, 0.3) is 0 Å². The van der Waals surface area contributed by atoms with Gasteiger partial charge < -0.3 is 5.32 Å². The number of nitrogens with zero attached hydrogens (tertiary/aromatic N) is 1. The minimum absolute atomic E-state index is 0.00743. The van der Waals surface area contributed by atoms with Gasteiger partial charge in [0, 0.05) is 17.8 Å². The average molecular weight is 401 g/mol. The Morgan fingerprint density at radius 3 is 2.71 bits per heavy atom. The van der Waals surface area contributed by atoms with E-state index in [1.54, 1.807) is 17.0 Å². The van der Waals surface area contributed by atoms with Crippen LogP contribution in [0.1, 0.15) is 50.0 Å². The Bertz CT molecular complexity index is 826. The van der Waals surface area contributed by atoms with E-state index in [4.69, 9.17) is 0 Å². The van der Waals surface area contributed by atoms with Gasteiger partial charge in [0.2, 0.25) is 11.8 Å². The second kappa shape index (κ2) is 9.73. The van der Waals surface area contributed by atoms with Crippen molar-refractivity contribution in [2.45, 2.75) is 44.4 Å². The van der Waals surface area contributed by atoms with Gasteiger partial charge in [0.15, 0.2) is 0 Å².